The van der Waals surface area contributed by atoms with Gasteiger partial charge in [0.25, 0.3) is 0 Å². The predicted octanol–water partition coefficient (Wildman–Crippen LogP) is 3.61. The summed E-state index contributed by atoms with van der Waals surface area (Å²) < 4.78 is 0. The summed E-state index contributed by atoms with van der Waals surface area (Å²) >= 11 is 12.1. The zero-order chi connectivity index (χ0) is 13.1. The van der Waals surface area contributed by atoms with Crippen LogP contribution in [0.15, 0.2) is 18.2 Å². The van der Waals surface area contributed by atoms with Crippen molar-refractivity contribution in [2.24, 2.45) is 0 Å². The van der Waals surface area contributed by atoms with E-state index >= 15 is 0 Å². The number of nitrogens with zero attached hydrogens (tertiary/aromatic N) is 2. The molecule has 1 aliphatic rings. The largest absolute Gasteiger partial charge is 0.370 e. The number of anilines is 1. The molecule has 1 fully saturated rings. The summed E-state index contributed by atoms with van der Waals surface area (Å²) in [6.45, 7) is 2.14. The topological polar surface area (TPSA) is 6.48 Å². The lowest BCUT2D eigenvalue weighted by molar-refractivity contribution is 0.249. The number of benzene rings is 1. The van der Waals surface area contributed by atoms with Gasteiger partial charge in [-0.05, 0) is 44.6 Å². The third-order valence-corrected chi connectivity index (χ3v) is 4.31. The van der Waals surface area contributed by atoms with Gasteiger partial charge in [-0.2, -0.15) is 0 Å². The number of hydrogen-bond acceptors (Lipinski definition) is 2. The first-order chi connectivity index (χ1) is 8.61. The van der Waals surface area contributed by atoms with Gasteiger partial charge < -0.3 is 9.80 Å². The first-order valence-corrected chi connectivity index (χ1v) is 7.29. The van der Waals surface area contributed by atoms with Gasteiger partial charge in [0.1, 0.15) is 0 Å². The van der Waals surface area contributed by atoms with E-state index in [0.717, 1.165) is 29.4 Å². The second kappa shape index (κ2) is 6.14. The lowest BCUT2D eigenvalue weighted by Crippen LogP contribution is -2.42. The lowest BCUT2D eigenvalue weighted by Gasteiger charge is -2.36. The van der Waals surface area contributed by atoms with Gasteiger partial charge in [0.05, 0.1) is 10.7 Å². The highest BCUT2D eigenvalue weighted by Crippen LogP contribution is 2.30. The van der Waals surface area contributed by atoms with Gasteiger partial charge in [0.2, 0.25) is 0 Å². The van der Waals surface area contributed by atoms with Crippen molar-refractivity contribution in [1.82, 2.24) is 4.90 Å². The Labute approximate surface area is 119 Å². The molecule has 2 nitrogen and oxygen atoms in total. The van der Waals surface area contributed by atoms with Crippen LogP contribution in [0.1, 0.15) is 18.4 Å². The van der Waals surface area contributed by atoms with Crippen LogP contribution < -0.4 is 4.90 Å². The van der Waals surface area contributed by atoms with Crippen molar-refractivity contribution in [3.63, 3.8) is 0 Å². The molecule has 18 heavy (non-hydrogen) atoms. The monoisotopic (exact) mass is 286 g/mol. The first-order valence-electron chi connectivity index (χ1n) is 6.37. The summed E-state index contributed by atoms with van der Waals surface area (Å²) in [6.07, 6.45) is 2.39. The van der Waals surface area contributed by atoms with Crippen LogP contribution >= 0.6 is 23.2 Å². The predicted molar refractivity (Wildman–Crippen MR) is 79.9 cm³/mol. The van der Waals surface area contributed by atoms with Gasteiger partial charge in [0, 0.05) is 25.0 Å². The molecule has 4 heteroatoms. The molecular weight excluding hydrogens is 267 g/mol. The van der Waals surface area contributed by atoms with Gasteiger partial charge in [0.15, 0.2) is 0 Å². The molecule has 0 radical (unpaired) electrons. The van der Waals surface area contributed by atoms with Crippen LogP contribution in [0.5, 0.6) is 0 Å². The van der Waals surface area contributed by atoms with Gasteiger partial charge in [-0.15, -0.1) is 11.6 Å². The van der Waals surface area contributed by atoms with E-state index < -0.39 is 0 Å². The molecule has 100 valence electrons. The van der Waals surface area contributed by atoms with Crippen molar-refractivity contribution in [1.29, 1.82) is 0 Å². The van der Waals surface area contributed by atoms with Crippen molar-refractivity contribution >= 4 is 28.9 Å². The third kappa shape index (κ3) is 3.11. The third-order valence-electron chi connectivity index (χ3n) is 3.70. The Morgan fingerprint density at radius 2 is 1.94 bits per heavy atom. The SMILES string of the molecule is CN(C)C1CCN(c2ccc(CCl)cc2Cl)CC1. The van der Waals surface area contributed by atoms with E-state index in [9.17, 15) is 0 Å². The highest BCUT2D eigenvalue weighted by atomic mass is 35.5. The molecule has 0 unspecified atom stereocenters. The summed E-state index contributed by atoms with van der Waals surface area (Å²) in [5.74, 6) is 0.517. The summed E-state index contributed by atoms with van der Waals surface area (Å²) in [5.41, 5.74) is 2.22. The molecule has 0 spiro atoms. The molecule has 2 rings (SSSR count). The molecule has 0 bridgehead atoms. The second-order valence-corrected chi connectivity index (χ2v) is 5.78. The maximum absolute atomic E-state index is 6.33. The zero-order valence-electron chi connectivity index (χ0n) is 11.0. The Hall–Kier alpha value is -0.440. The number of halogens is 2. The Morgan fingerprint density at radius 3 is 2.44 bits per heavy atom. The highest BCUT2D eigenvalue weighted by molar-refractivity contribution is 6.33. The van der Waals surface area contributed by atoms with Crippen LogP contribution in [0.2, 0.25) is 5.02 Å². The number of piperidine rings is 1. The van der Waals surface area contributed by atoms with Crippen molar-refractivity contribution < 1.29 is 0 Å². The van der Waals surface area contributed by atoms with Gasteiger partial charge in [-0.1, -0.05) is 17.7 Å². The molecule has 1 heterocycles. The fourth-order valence-electron chi connectivity index (χ4n) is 2.51. The second-order valence-electron chi connectivity index (χ2n) is 5.10. The van der Waals surface area contributed by atoms with E-state index in [-0.39, 0.29) is 0 Å². The van der Waals surface area contributed by atoms with E-state index in [1.54, 1.807) is 0 Å². The Morgan fingerprint density at radius 1 is 1.28 bits per heavy atom. The van der Waals surface area contributed by atoms with Crippen LogP contribution in [0.3, 0.4) is 0 Å². The van der Waals surface area contributed by atoms with Crippen molar-refractivity contribution in [3.8, 4) is 0 Å². The van der Waals surface area contributed by atoms with Crippen LogP contribution in [-0.4, -0.2) is 38.1 Å². The molecule has 1 aromatic rings. The Kier molecular flexibility index (Phi) is 4.77. The summed E-state index contributed by atoms with van der Waals surface area (Å²) in [6, 6.07) is 6.83. The number of alkyl halides is 1. The molecule has 1 aromatic carbocycles. The maximum atomic E-state index is 6.33. The normalized spacial score (nSPS) is 17.5. The maximum Gasteiger partial charge on any atom is 0.0642 e. The van der Waals surface area contributed by atoms with Crippen LogP contribution in [0.4, 0.5) is 5.69 Å². The number of hydrogen-bond donors (Lipinski definition) is 0. The molecule has 0 amide bonds. The zero-order valence-corrected chi connectivity index (χ0v) is 12.5. The van der Waals surface area contributed by atoms with E-state index in [1.165, 1.54) is 12.8 Å². The standard InChI is InChI=1S/C14H20Cl2N2/c1-17(2)12-5-7-18(8-6-12)14-4-3-11(10-15)9-13(14)16/h3-4,9,12H,5-8,10H2,1-2H3. The minimum atomic E-state index is 0.517. The average molecular weight is 287 g/mol. The van der Waals surface area contributed by atoms with Crippen molar-refractivity contribution in [3.05, 3.63) is 28.8 Å². The summed E-state index contributed by atoms with van der Waals surface area (Å²) in [7, 11) is 4.31. The highest BCUT2D eigenvalue weighted by Gasteiger charge is 2.21. The summed E-state index contributed by atoms with van der Waals surface area (Å²) in [5, 5.41) is 0.816. The van der Waals surface area contributed by atoms with E-state index in [1.807, 2.05) is 6.07 Å². The van der Waals surface area contributed by atoms with Crippen molar-refractivity contribution in [2.75, 3.05) is 32.1 Å². The van der Waals surface area contributed by atoms with Crippen LogP contribution in [0.25, 0.3) is 0 Å². The molecular formula is C14H20Cl2N2. The smallest absolute Gasteiger partial charge is 0.0642 e. The Bertz CT molecular complexity index is 399. The van der Waals surface area contributed by atoms with Gasteiger partial charge in [-0.25, -0.2) is 0 Å². The van der Waals surface area contributed by atoms with E-state index in [2.05, 4.69) is 36.0 Å². The molecule has 1 aliphatic heterocycles. The van der Waals surface area contributed by atoms with Gasteiger partial charge >= 0.3 is 0 Å². The fraction of sp³-hybridized carbons (Fsp3) is 0.571. The molecule has 0 saturated carbocycles. The minimum Gasteiger partial charge on any atom is -0.370 e. The molecule has 0 N–H and O–H groups in total. The van der Waals surface area contributed by atoms with E-state index in [0.29, 0.717) is 11.9 Å². The quantitative estimate of drug-likeness (QED) is 0.784. The minimum absolute atomic E-state index is 0.517. The average Bonchev–Trinajstić information content (AvgIpc) is 2.38. The Balaban J connectivity index is 2.05. The molecule has 0 aromatic heterocycles. The summed E-state index contributed by atoms with van der Waals surface area (Å²) in [4.78, 5) is 4.69. The fourth-order valence-corrected chi connectivity index (χ4v) is 3.00. The van der Waals surface area contributed by atoms with Gasteiger partial charge in [-0.3, -0.25) is 0 Å². The van der Waals surface area contributed by atoms with Crippen LogP contribution in [-0.2, 0) is 5.88 Å². The lowest BCUT2D eigenvalue weighted by atomic mass is 10.0. The molecule has 0 atom stereocenters. The molecule has 0 aliphatic carbocycles. The van der Waals surface area contributed by atoms with Crippen molar-refractivity contribution in [2.45, 2.75) is 24.8 Å². The number of rotatable bonds is 3. The van der Waals surface area contributed by atoms with E-state index in [4.69, 9.17) is 23.2 Å². The first kappa shape index (κ1) is 14.0. The molecule has 1 saturated heterocycles. The van der Waals surface area contributed by atoms with Crippen LogP contribution in [0, 0.1) is 0 Å².